The Hall–Kier alpha value is -3.03. The van der Waals surface area contributed by atoms with Crippen molar-refractivity contribution in [2.75, 3.05) is 14.1 Å². The number of aryl methyl sites for hydroxylation is 1. The molecular weight excluding hydrogens is 395 g/mol. The van der Waals surface area contributed by atoms with Crippen molar-refractivity contribution in [3.05, 3.63) is 76.4 Å². The number of fused-ring (bicyclic) bond motifs is 1. The van der Waals surface area contributed by atoms with E-state index < -0.39 is 0 Å². The van der Waals surface area contributed by atoms with Crippen molar-refractivity contribution in [2.24, 2.45) is 0 Å². The number of oxazole rings is 1. The quantitative estimate of drug-likeness (QED) is 0.455. The Balaban J connectivity index is 0.000000188. The Morgan fingerprint density at radius 3 is 2.48 bits per heavy atom. The van der Waals surface area contributed by atoms with Crippen molar-refractivity contribution in [1.82, 2.24) is 19.5 Å². The van der Waals surface area contributed by atoms with Gasteiger partial charge in [-0.25, -0.2) is 4.39 Å². The average Bonchev–Trinajstić information content (AvgIpc) is 3.23. The third-order valence-corrected chi connectivity index (χ3v) is 4.45. The largest absolute Gasteiger partial charge is 0.419 e. The molecule has 2 aromatic carbocycles. The van der Waals surface area contributed by atoms with Crippen LogP contribution in [-0.4, -0.2) is 39.9 Å². The molecule has 8 heteroatoms. The van der Waals surface area contributed by atoms with Gasteiger partial charge in [0, 0.05) is 17.7 Å². The maximum atomic E-state index is 12.9. The van der Waals surface area contributed by atoms with Gasteiger partial charge in [-0.15, -0.1) is 5.10 Å². The van der Waals surface area contributed by atoms with E-state index in [2.05, 4.69) is 10.1 Å². The number of rotatable bonds is 4. The van der Waals surface area contributed by atoms with E-state index in [9.17, 15) is 9.18 Å². The minimum absolute atomic E-state index is 0.124. The molecule has 0 atom stereocenters. The first-order valence-corrected chi connectivity index (χ1v) is 9.23. The molecule has 0 N–H and O–H groups in total. The molecule has 150 valence electrons. The van der Waals surface area contributed by atoms with Gasteiger partial charge >= 0.3 is 5.84 Å². The van der Waals surface area contributed by atoms with E-state index in [0.717, 1.165) is 11.1 Å². The fourth-order valence-corrected chi connectivity index (χ4v) is 2.91. The standard InChI is InChI=1S/C12H8ClN3O2.C9H12FN/c1-7-10(6-17)18-12-14-11(15-16(7)12)8-4-2-3-5-9(8)13;1-11(2)7-8-5-3-4-6-9(8)10/h2-6H,1H3;3-6H,7H2,1-2H3. The number of hydrogen-bond donors (Lipinski definition) is 0. The number of carbonyl (C=O) groups excluding carboxylic acids is 1. The predicted molar refractivity (Wildman–Crippen MR) is 110 cm³/mol. The predicted octanol–water partition coefficient (Wildman–Crippen LogP) is 4.65. The second-order valence-electron chi connectivity index (χ2n) is 6.61. The van der Waals surface area contributed by atoms with Crippen molar-refractivity contribution in [2.45, 2.75) is 13.5 Å². The van der Waals surface area contributed by atoms with E-state index in [1.807, 2.05) is 43.3 Å². The first-order chi connectivity index (χ1) is 13.9. The third-order valence-electron chi connectivity index (χ3n) is 4.12. The van der Waals surface area contributed by atoms with Gasteiger partial charge in [0.2, 0.25) is 0 Å². The second kappa shape index (κ2) is 8.98. The zero-order valence-electron chi connectivity index (χ0n) is 16.3. The topological polar surface area (TPSA) is 63.6 Å². The molecule has 0 aliphatic heterocycles. The number of hydrogen-bond acceptors (Lipinski definition) is 5. The second-order valence-corrected chi connectivity index (χ2v) is 7.02. The van der Waals surface area contributed by atoms with Gasteiger partial charge in [0.25, 0.3) is 0 Å². The van der Waals surface area contributed by atoms with E-state index in [4.69, 9.17) is 16.0 Å². The van der Waals surface area contributed by atoms with Crippen molar-refractivity contribution in [1.29, 1.82) is 0 Å². The van der Waals surface area contributed by atoms with Crippen LogP contribution in [0.25, 0.3) is 17.2 Å². The smallest absolute Gasteiger partial charge is 0.325 e. The molecule has 0 saturated heterocycles. The molecule has 0 bridgehead atoms. The average molecular weight is 415 g/mol. The lowest BCUT2D eigenvalue weighted by atomic mass is 10.2. The summed E-state index contributed by atoms with van der Waals surface area (Å²) >= 11 is 6.08. The summed E-state index contributed by atoms with van der Waals surface area (Å²) in [7, 11) is 3.85. The van der Waals surface area contributed by atoms with Crippen LogP contribution < -0.4 is 0 Å². The maximum Gasteiger partial charge on any atom is 0.325 e. The van der Waals surface area contributed by atoms with Gasteiger partial charge in [-0.3, -0.25) is 4.79 Å². The number of aldehydes is 1. The molecule has 0 aliphatic rings. The molecule has 6 nitrogen and oxygen atoms in total. The zero-order chi connectivity index (χ0) is 21.0. The number of aromatic nitrogens is 3. The van der Waals surface area contributed by atoms with Gasteiger partial charge in [-0.1, -0.05) is 41.9 Å². The first kappa shape index (κ1) is 20.7. The molecule has 0 radical (unpaired) electrons. The molecule has 0 unspecified atom stereocenters. The highest BCUT2D eigenvalue weighted by Crippen LogP contribution is 2.26. The van der Waals surface area contributed by atoms with Gasteiger partial charge in [-0.2, -0.15) is 9.50 Å². The molecule has 2 aromatic heterocycles. The molecule has 0 aliphatic carbocycles. The van der Waals surface area contributed by atoms with E-state index in [-0.39, 0.29) is 17.4 Å². The van der Waals surface area contributed by atoms with Crippen molar-refractivity contribution < 1.29 is 13.6 Å². The van der Waals surface area contributed by atoms with Gasteiger partial charge in [0.15, 0.2) is 17.9 Å². The van der Waals surface area contributed by atoms with E-state index in [0.29, 0.717) is 29.4 Å². The highest BCUT2D eigenvalue weighted by atomic mass is 35.5. The van der Waals surface area contributed by atoms with Crippen LogP contribution in [0.15, 0.2) is 52.9 Å². The molecular formula is C21H20ClFN4O2. The summed E-state index contributed by atoms with van der Waals surface area (Å²) in [6, 6.07) is 14.1. The summed E-state index contributed by atoms with van der Waals surface area (Å²) < 4.78 is 19.7. The molecule has 2 heterocycles. The lowest BCUT2D eigenvalue weighted by molar-refractivity contribution is 0.110. The number of nitrogens with zero attached hydrogens (tertiary/aromatic N) is 4. The minimum Gasteiger partial charge on any atom is -0.419 e. The number of halogens is 2. The number of benzene rings is 2. The first-order valence-electron chi connectivity index (χ1n) is 8.85. The lowest BCUT2D eigenvalue weighted by Gasteiger charge is -2.09. The fourth-order valence-electron chi connectivity index (χ4n) is 2.69. The minimum atomic E-state index is -0.124. The van der Waals surface area contributed by atoms with Crippen LogP contribution in [-0.2, 0) is 6.54 Å². The third kappa shape index (κ3) is 4.70. The Kier molecular flexibility index (Phi) is 6.41. The summed E-state index contributed by atoms with van der Waals surface area (Å²) in [6.07, 6.45) is 0.640. The van der Waals surface area contributed by atoms with Crippen LogP contribution in [0.5, 0.6) is 0 Å². The Morgan fingerprint density at radius 1 is 1.17 bits per heavy atom. The highest BCUT2D eigenvalue weighted by molar-refractivity contribution is 6.33. The number of carbonyl (C=O) groups is 1. The Labute approximate surface area is 172 Å². The molecule has 0 spiro atoms. The molecule has 29 heavy (non-hydrogen) atoms. The van der Waals surface area contributed by atoms with Crippen LogP contribution in [0.2, 0.25) is 5.02 Å². The molecule has 0 saturated carbocycles. The van der Waals surface area contributed by atoms with E-state index in [1.165, 1.54) is 10.6 Å². The van der Waals surface area contributed by atoms with Crippen LogP contribution in [0.4, 0.5) is 4.39 Å². The summed E-state index contributed by atoms with van der Waals surface area (Å²) in [5.74, 6) is 0.862. The summed E-state index contributed by atoms with van der Waals surface area (Å²) in [5, 5.41) is 4.85. The maximum absolute atomic E-state index is 12.9. The Morgan fingerprint density at radius 2 is 1.86 bits per heavy atom. The molecule has 4 rings (SSSR count). The monoisotopic (exact) mass is 414 g/mol. The van der Waals surface area contributed by atoms with Crippen molar-refractivity contribution >= 4 is 23.7 Å². The molecule has 0 amide bonds. The van der Waals surface area contributed by atoms with Crippen LogP contribution >= 0.6 is 11.6 Å². The molecule has 4 aromatic rings. The van der Waals surface area contributed by atoms with Gasteiger partial charge in [-0.05, 0) is 39.2 Å². The normalized spacial score (nSPS) is 10.8. The summed E-state index contributed by atoms with van der Waals surface area (Å²) in [6.45, 7) is 2.40. The molecule has 0 fully saturated rings. The van der Waals surface area contributed by atoms with Gasteiger partial charge < -0.3 is 9.32 Å². The van der Waals surface area contributed by atoms with E-state index in [1.54, 1.807) is 25.1 Å². The summed E-state index contributed by atoms with van der Waals surface area (Å²) in [4.78, 5) is 16.9. The summed E-state index contributed by atoms with van der Waals surface area (Å²) in [5.41, 5.74) is 2.09. The SMILES string of the molecule is CN(C)Cc1ccccc1F.Cc1c(C=O)oc2nc(-c3ccccc3Cl)nn12. The van der Waals surface area contributed by atoms with Crippen LogP contribution in [0, 0.1) is 12.7 Å². The lowest BCUT2D eigenvalue weighted by Crippen LogP contribution is -2.11. The highest BCUT2D eigenvalue weighted by Gasteiger charge is 2.16. The van der Waals surface area contributed by atoms with Crippen molar-refractivity contribution in [3.63, 3.8) is 0 Å². The van der Waals surface area contributed by atoms with Crippen molar-refractivity contribution in [3.8, 4) is 11.4 Å². The van der Waals surface area contributed by atoms with E-state index >= 15 is 0 Å². The Bertz CT molecular complexity index is 1140. The van der Waals surface area contributed by atoms with Gasteiger partial charge in [0.1, 0.15) is 5.82 Å². The van der Waals surface area contributed by atoms with Crippen LogP contribution in [0.1, 0.15) is 21.8 Å². The zero-order valence-corrected chi connectivity index (χ0v) is 17.0. The van der Waals surface area contributed by atoms with Gasteiger partial charge in [0.05, 0.1) is 10.7 Å². The van der Waals surface area contributed by atoms with Crippen LogP contribution in [0.3, 0.4) is 0 Å². The fraction of sp³-hybridized carbons (Fsp3) is 0.190.